The summed E-state index contributed by atoms with van der Waals surface area (Å²) < 4.78 is 35.1. The highest BCUT2D eigenvalue weighted by molar-refractivity contribution is 7.89. The minimum Gasteiger partial charge on any atom is -0.493 e. The molecule has 9 heteroatoms. The van der Waals surface area contributed by atoms with E-state index in [2.05, 4.69) is 4.98 Å². The molecule has 4 rings (SSSR count). The van der Waals surface area contributed by atoms with Crippen LogP contribution in [0.1, 0.15) is 29.5 Å². The number of imidazole rings is 1. The molecule has 2 aromatic carbocycles. The van der Waals surface area contributed by atoms with Crippen molar-refractivity contribution in [3.05, 3.63) is 54.0 Å². The summed E-state index contributed by atoms with van der Waals surface area (Å²) in [6.45, 7) is 5.45. The van der Waals surface area contributed by atoms with Crippen LogP contribution in [0.4, 0.5) is 0 Å². The molecule has 0 N–H and O–H groups in total. The topological polar surface area (TPSA) is 84.7 Å². The molecule has 0 unspecified atom stereocenters. The van der Waals surface area contributed by atoms with Crippen molar-refractivity contribution in [2.75, 3.05) is 32.8 Å². The average Bonchev–Trinajstić information content (AvgIpc) is 2.98. The van der Waals surface area contributed by atoms with Crippen molar-refractivity contribution in [2.24, 2.45) is 7.05 Å². The Morgan fingerprint density at radius 3 is 2.59 bits per heavy atom. The van der Waals surface area contributed by atoms with E-state index in [0.29, 0.717) is 49.8 Å². The molecule has 1 saturated heterocycles. The van der Waals surface area contributed by atoms with E-state index in [9.17, 15) is 13.2 Å². The number of carbonyl (C=O) groups excluding carboxylic acids is 1. The molecule has 8 nitrogen and oxygen atoms in total. The zero-order valence-electron chi connectivity index (χ0n) is 18.6. The first kappa shape index (κ1) is 22.3. The predicted octanol–water partition coefficient (Wildman–Crippen LogP) is 2.82. The minimum atomic E-state index is -3.71. The molecule has 0 aliphatic carbocycles. The van der Waals surface area contributed by atoms with Crippen molar-refractivity contribution < 1.29 is 17.9 Å². The Hall–Kier alpha value is -2.91. The van der Waals surface area contributed by atoms with Gasteiger partial charge in [-0.15, -0.1) is 0 Å². The van der Waals surface area contributed by atoms with E-state index in [4.69, 9.17) is 4.74 Å². The molecule has 0 spiro atoms. The molecular formula is C23H28N4O4S. The van der Waals surface area contributed by atoms with E-state index < -0.39 is 10.0 Å². The van der Waals surface area contributed by atoms with E-state index in [1.54, 1.807) is 23.4 Å². The Morgan fingerprint density at radius 2 is 1.88 bits per heavy atom. The molecule has 2 heterocycles. The number of rotatable bonds is 5. The molecule has 0 atom stereocenters. The van der Waals surface area contributed by atoms with Crippen molar-refractivity contribution in [3.63, 3.8) is 0 Å². The summed E-state index contributed by atoms with van der Waals surface area (Å²) >= 11 is 0. The Bertz CT molecular complexity index is 1230. The first-order valence-corrected chi connectivity index (χ1v) is 12.2. The molecular weight excluding hydrogens is 428 g/mol. The number of carbonyl (C=O) groups is 1. The van der Waals surface area contributed by atoms with Gasteiger partial charge in [0.05, 0.1) is 12.2 Å². The summed E-state index contributed by atoms with van der Waals surface area (Å²) in [5, 5.41) is 1.84. The van der Waals surface area contributed by atoms with Gasteiger partial charge in [0.2, 0.25) is 0 Å². The van der Waals surface area contributed by atoms with Gasteiger partial charge in [0.25, 0.3) is 15.9 Å². The smallest absolute Gasteiger partial charge is 0.262 e. The zero-order valence-corrected chi connectivity index (χ0v) is 19.4. The summed E-state index contributed by atoms with van der Waals surface area (Å²) in [6, 6.07) is 11.5. The van der Waals surface area contributed by atoms with Crippen LogP contribution in [0.25, 0.3) is 10.8 Å². The Kier molecular flexibility index (Phi) is 6.21. The second kappa shape index (κ2) is 8.91. The molecule has 1 amide bonds. The third-order valence-electron chi connectivity index (χ3n) is 5.84. The molecule has 0 saturated carbocycles. The highest BCUT2D eigenvalue weighted by atomic mass is 32.2. The largest absolute Gasteiger partial charge is 0.493 e. The summed E-state index contributed by atoms with van der Waals surface area (Å²) in [7, 11) is -1.95. The van der Waals surface area contributed by atoms with Crippen molar-refractivity contribution in [1.82, 2.24) is 18.8 Å². The Morgan fingerprint density at radius 1 is 1.09 bits per heavy atom. The number of fused-ring (bicyclic) bond motifs is 1. The number of ether oxygens (including phenoxy) is 1. The quantitative estimate of drug-likeness (QED) is 0.589. The van der Waals surface area contributed by atoms with Crippen LogP contribution in [0, 0.1) is 6.92 Å². The predicted molar refractivity (Wildman–Crippen MR) is 122 cm³/mol. The van der Waals surface area contributed by atoms with Crippen LogP contribution in [-0.4, -0.2) is 65.9 Å². The van der Waals surface area contributed by atoms with Gasteiger partial charge >= 0.3 is 0 Å². The average molecular weight is 457 g/mol. The molecule has 1 fully saturated rings. The van der Waals surface area contributed by atoms with Crippen LogP contribution < -0.4 is 4.74 Å². The number of nitrogens with zero attached hydrogens (tertiary/aromatic N) is 4. The van der Waals surface area contributed by atoms with Gasteiger partial charge in [0.15, 0.2) is 5.03 Å². The third-order valence-corrected chi connectivity index (χ3v) is 7.61. The van der Waals surface area contributed by atoms with Gasteiger partial charge in [-0.25, -0.2) is 13.4 Å². The van der Waals surface area contributed by atoms with Crippen LogP contribution in [-0.2, 0) is 17.1 Å². The number of benzene rings is 2. The van der Waals surface area contributed by atoms with Gasteiger partial charge in [0, 0.05) is 39.4 Å². The van der Waals surface area contributed by atoms with Crippen LogP contribution >= 0.6 is 0 Å². The molecule has 3 aromatic rings. The fraction of sp³-hybridized carbons (Fsp3) is 0.391. The summed E-state index contributed by atoms with van der Waals surface area (Å²) in [6.07, 6.45) is 2.08. The highest BCUT2D eigenvalue weighted by Crippen LogP contribution is 2.30. The van der Waals surface area contributed by atoms with Crippen molar-refractivity contribution in [2.45, 2.75) is 25.3 Å². The third kappa shape index (κ3) is 4.10. The lowest BCUT2D eigenvalue weighted by molar-refractivity contribution is 0.0762. The summed E-state index contributed by atoms with van der Waals surface area (Å²) in [5.41, 5.74) is 0.529. The summed E-state index contributed by atoms with van der Waals surface area (Å²) in [5.74, 6) is 1.04. The van der Waals surface area contributed by atoms with E-state index in [0.717, 1.165) is 10.8 Å². The molecule has 170 valence electrons. The second-order valence-electron chi connectivity index (χ2n) is 7.88. The molecule has 1 aliphatic heterocycles. The number of aryl methyl sites for hydroxylation is 2. The highest BCUT2D eigenvalue weighted by Gasteiger charge is 2.31. The maximum Gasteiger partial charge on any atom is 0.262 e. The maximum absolute atomic E-state index is 13.6. The van der Waals surface area contributed by atoms with Crippen molar-refractivity contribution in [1.29, 1.82) is 0 Å². The van der Waals surface area contributed by atoms with Gasteiger partial charge in [-0.1, -0.05) is 30.3 Å². The van der Waals surface area contributed by atoms with E-state index >= 15 is 0 Å². The van der Waals surface area contributed by atoms with Gasteiger partial charge in [-0.2, -0.15) is 4.31 Å². The standard InChI is InChI=1S/C23H28N4O4S/c1-4-31-20-11-10-18-8-5-6-9-19(18)22(20)23(28)26-12-7-13-27(15-14-26)32(29,30)21-16-25(3)17(2)24-21/h5-6,8-11,16H,4,7,12-15H2,1-3H3. The molecule has 0 radical (unpaired) electrons. The molecule has 32 heavy (non-hydrogen) atoms. The fourth-order valence-corrected chi connectivity index (χ4v) is 5.52. The number of sulfonamides is 1. The van der Waals surface area contributed by atoms with Gasteiger partial charge in [-0.3, -0.25) is 4.79 Å². The van der Waals surface area contributed by atoms with E-state index in [1.807, 2.05) is 43.3 Å². The van der Waals surface area contributed by atoms with Gasteiger partial charge in [0.1, 0.15) is 11.6 Å². The van der Waals surface area contributed by atoms with Crippen LogP contribution in [0.5, 0.6) is 5.75 Å². The van der Waals surface area contributed by atoms with Gasteiger partial charge < -0.3 is 14.2 Å². The lowest BCUT2D eigenvalue weighted by Crippen LogP contribution is -2.37. The maximum atomic E-state index is 13.6. The number of amides is 1. The monoisotopic (exact) mass is 456 g/mol. The zero-order chi connectivity index (χ0) is 22.9. The second-order valence-corrected chi connectivity index (χ2v) is 9.76. The molecule has 0 bridgehead atoms. The normalized spacial score (nSPS) is 15.7. The van der Waals surface area contributed by atoms with Crippen molar-refractivity contribution in [3.8, 4) is 5.75 Å². The van der Waals surface area contributed by atoms with E-state index in [1.165, 1.54) is 10.5 Å². The molecule has 1 aromatic heterocycles. The van der Waals surface area contributed by atoms with Gasteiger partial charge in [-0.05, 0) is 37.1 Å². The SMILES string of the molecule is CCOc1ccc2ccccc2c1C(=O)N1CCCN(S(=O)(=O)c2cn(C)c(C)n2)CC1. The van der Waals surface area contributed by atoms with Crippen LogP contribution in [0.15, 0.2) is 47.6 Å². The first-order valence-electron chi connectivity index (χ1n) is 10.8. The van der Waals surface area contributed by atoms with Crippen LogP contribution in [0.2, 0.25) is 0 Å². The number of hydrogen-bond donors (Lipinski definition) is 0. The minimum absolute atomic E-state index is 0.0463. The fourth-order valence-electron chi connectivity index (χ4n) is 4.03. The number of hydrogen-bond acceptors (Lipinski definition) is 5. The summed E-state index contributed by atoms with van der Waals surface area (Å²) in [4.78, 5) is 19.5. The lowest BCUT2D eigenvalue weighted by Gasteiger charge is -2.23. The van der Waals surface area contributed by atoms with E-state index in [-0.39, 0.29) is 17.5 Å². The first-order chi connectivity index (χ1) is 15.3. The Balaban J connectivity index is 1.60. The molecule has 1 aliphatic rings. The lowest BCUT2D eigenvalue weighted by atomic mass is 10.0. The Labute approximate surface area is 188 Å². The van der Waals surface area contributed by atoms with Crippen molar-refractivity contribution >= 4 is 26.7 Å². The number of aromatic nitrogens is 2. The van der Waals surface area contributed by atoms with Crippen LogP contribution in [0.3, 0.4) is 0 Å².